The van der Waals surface area contributed by atoms with E-state index in [0.29, 0.717) is 5.69 Å². The smallest absolute Gasteiger partial charge is 0.334 e. The summed E-state index contributed by atoms with van der Waals surface area (Å²) in [6.07, 6.45) is -1.43. The van der Waals surface area contributed by atoms with Crippen molar-refractivity contribution in [3.05, 3.63) is 89.7 Å². The van der Waals surface area contributed by atoms with E-state index in [-0.39, 0.29) is 17.0 Å². The molecule has 0 aliphatic carbocycles. The molecule has 0 atom stereocenters. The van der Waals surface area contributed by atoms with Crippen LogP contribution in [0.1, 0.15) is 16.7 Å². The molecule has 0 aliphatic heterocycles. The lowest BCUT2D eigenvalue weighted by molar-refractivity contribution is -0.138. The van der Waals surface area contributed by atoms with E-state index in [2.05, 4.69) is 15.6 Å². The Morgan fingerprint density at radius 2 is 1.68 bits per heavy atom. The molecule has 162 valence electrons. The summed E-state index contributed by atoms with van der Waals surface area (Å²) in [5.41, 5.74) is -0.175. The molecule has 2 amide bonds. The molecule has 0 unspecified atom stereocenters. The fourth-order valence-corrected chi connectivity index (χ4v) is 4.20. The minimum absolute atomic E-state index is 0.147. The summed E-state index contributed by atoms with van der Waals surface area (Å²) in [5, 5.41) is 5.19. The van der Waals surface area contributed by atoms with Crippen LogP contribution in [0.5, 0.6) is 0 Å². The summed E-state index contributed by atoms with van der Waals surface area (Å²) >= 11 is 0. The summed E-state index contributed by atoms with van der Waals surface area (Å²) in [4.78, 5) is 15.8. The molecular weight excluding hydrogens is 431 g/mol. The molecule has 10 heteroatoms. The number of rotatable bonds is 6. The summed E-state index contributed by atoms with van der Waals surface area (Å²) < 4.78 is 64.6. The highest BCUT2D eigenvalue weighted by Crippen LogP contribution is 2.33. The summed E-state index contributed by atoms with van der Waals surface area (Å²) in [7, 11) is -4.02. The molecule has 0 bridgehead atoms. The van der Waals surface area contributed by atoms with Crippen molar-refractivity contribution in [2.45, 2.75) is 23.4 Å². The van der Waals surface area contributed by atoms with Crippen molar-refractivity contribution in [3.63, 3.8) is 0 Å². The molecule has 31 heavy (non-hydrogen) atoms. The molecule has 2 N–H and O–H groups in total. The Balaban J connectivity index is 1.66. The Kier molecular flexibility index (Phi) is 6.59. The average Bonchev–Trinajstić information content (AvgIpc) is 2.73. The zero-order valence-corrected chi connectivity index (χ0v) is 16.9. The number of amides is 2. The van der Waals surface area contributed by atoms with Crippen LogP contribution in [0, 0.1) is 0 Å². The summed E-state index contributed by atoms with van der Waals surface area (Å²) in [6, 6.07) is 12.8. The van der Waals surface area contributed by atoms with E-state index in [1.54, 1.807) is 24.5 Å². The van der Waals surface area contributed by atoms with E-state index >= 15 is 0 Å². The van der Waals surface area contributed by atoms with Gasteiger partial charge in [-0.05, 0) is 47.5 Å². The molecule has 0 radical (unpaired) electrons. The topological polar surface area (TPSA) is 88.2 Å². The maximum absolute atomic E-state index is 13.1. The van der Waals surface area contributed by atoms with Gasteiger partial charge in [-0.15, -0.1) is 0 Å². The number of alkyl halides is 3. The van der Waals surface area contributed by atoms with Gasteiger partial charge in [-0.1, -0.05) is 24.3 Å². The van der Waals surface area contributed by atoms with Crippen LogP contribution in [0.15, 0.2) is 78.0 Å². The van der Waals surface area contributed by atoms with Gasteiger partial charge in [0.2, 0.25) is 0 Å². The molecule has 3 rings (SSSR count). The molecule has 0 aliphatic rings. The van der Waals surface area contributed by atoms with E-state index in [0.717, 1.165) is 17.7 Å². The lowest BCUT2D eigenvalue weighted by Gasteiger charge is -2.13. The molecule has 0 saturated carbocycles. The number of nitrogens with zero attached hydrogens (tertiary/aromatic N) is 1. The van der Waals surface area contributed by atoms with Crippen molar-refractivity contribution in [1.82, 2.24) is 10.3 Å². The number of aromatic nitrogens is 1. The lowest BCUT2D eigenvalue weighted by Crippen LogP contribution is -2.28. The van der Waals surface area contributed by atoms with E-state index in [9.17, 15) is 26.4 Å². The van der Waals surface area contributed by atoms with Gasteiger partial charge in [0.1, 0.15) is 0 Å². The van der Waals surface area contributed by atoms with Crippen molar-refractivity contribution in [2.75, 3.05) is 5.32 Å². The standard InChI is InChI=1S/C21H18F3N3O3S/c22-21(23,24)19-6-2-1-5-16(19)14-31(29,30)18-9-7-17(8-10-18)27-20(28)26-13-15-4-3-11-25-12-15/h1-12H,13-14H2,(H2,26,27,28). The highest BCUT2D eigenvalue weighted by Gasteiger charge is 2.34. The number of urea groups is 1. The van der Waals surface area contributed by atoms with Crippen molar-refractivity contribution in [3.8, 4) is 0 Å². The molecule has 2 aromatic carbocycles. The monoisotopic (exact) mass is 449 g/mol. The second-order valence-electron chi connectivity index (χ2n) is 6.61. The SMILES string of the molecule is O=C(NCc1cccnc1)Nc1ccc(S(=O)(=O)Cc2ccccc2C(F)(F)F)cc1. The summed E-state index contributed by atoms with van der Waals surface area (Å²) in [6.45, 7) is 0.255. The van der Waals surface area contributed by atoms with Crippen LogP contribution < -0.4 is 10.6 Å². The third-order valence-electron chi connectivity index (χ3n) is 4.32. The number of carbonyl (C=O) groups excluding carboxylic acids is 1. The lowest BCUT2D eigenvalue weighted by atomic mass is 10.1. The van der Waals surface area contributed by atoms with E-state index in [1.165, 1.54) is 36.4 Å². The van der Waals surface area contributed by atoms with Crippen molar-refractivity contribution in [2.24, 2.45) is 0 Å². The second kappa shape index (κ2) is 9.17. The number of benzene rings is 2. The number of hydrogen-bond donors (Lipinski definition) is 2. The number of pyridine rings is 1. The van der Waals surface area contributed by atoms with Gasteiger partial charge in [-0.2, -0.15) is 13.2 Å². The minimum atomic E-state index is -4.65. The number of sulfone groups is 1. The molecule has 1 heterocycles. The van der Waals surface area contributed by atoms with Crippen LogP contribution >= 0.6 is 0 Å². The number of anilines is 1. The van der Waals surface area contributed by atoms with Gasteiger partial charge in [-0.25, -0.2) is 13.2 Å². The number of carbonyl (C=O) groups is 1. The Labute approximate surface area is 177 Å². The average molecular weight is 449 g/mol. The summed E-state index contributed by atoms with van der Waals surface area (Å²) in [5.74, 6) is -0.791. The van der Waals surface area contributed by atoms with E-state index in [1.807, 2.05) is 0 Å². The van der Waals surface area contributed by atoms with E-state index < -0.39 is 33.4 Å². The number of nitrogens with one attached hydrogen (secondary N) is 2. The Morgan fingerprint density at radius 1 is 0.968 bits per heavy atom. The Hall–Kier alpha value is -3.40. The molecule has 1 aromatic heterocycles. The van der Waals surface area contributed by atoms with Gasteiger partial charge < -0.3 is 10.6 Å². The van der Waals surface area contributed by atoms with Gasteiger partial charge in [0.25, 0.3) is 0 Å². The van der Waals surface area contributed by atoms with E-state index in [4.69, 9.17) is 0 Å². The van der Waals surface area contributed by atoms with Gasteiger partial charge >= 0.3 is 12.2 Å². The highest BCUT2D eigenvalue weighted by molar-refractivity contribution is 7.90. The molecule has 0 spiro atoms. The van der Waals surface area contributed by atoms with Gasteiger partial charge in [0.05, 0.1) is 16.2 Å². The highest BCUT2D eigenvalue weighted by atomic mass is 32.2. The van der Waals surface area contributed by atoms with Crippen LogP contribution in [0.4, 0.5) is 23.7 Å². The van der Waals surface area contributed by atoms with Gasteiger partial charge in [0, 0.05) is 24.6 Å². The zero-order chi connectivity index (χ0) is 22.5. The third kappa shape index (κ3) is 6.05. The number of hydrogen-bond acceptors (Lipinski definition) is 4. The Morgan fingerprint density at radius 3 is 2.32 bits per heavy atom. The largest absolute Gasteiger partial charge is 0.416 e. The first-order valence-corrected chi connectivity index (χ1v) is 10.7. The fourth-order valence-electron chi connectivity index (χ4n) is 2.82. The second-order valence-corrected chi connectivity index (χ2v) is 8.60. The van der Waals surface area contributed by atoms with Crippen LogP contribution in [0.3, 0.4) is 0 Å². The molecular formula is C21H18F3N3O3S. The first-order valence-electron chi connectivity index (χ1n) is 9.07. The van der Waals surface area contributed by atoms with Crippen LogP contribution in [0.2, 0.25) is 0 Å². The predicted octanol–water partition coefficient (Wildman–Crippen LogP) is 4.40. The van der Waals surface area contributed by atoms with Gasteiger partial charge in [-0.3, -0.25) is 4.98 Å². The first kappa shape index (κ1) is 22.3. The van der Waals surface area contributed by atoms with Crippen LogP contribution in [-0.2, 0) is 28.3 Å². The third-order valence-corrected chi connectivity index (χ3v) is 6.00. The van der Waals surface area contributed by atoms with Crippen LogP contribution in [0.25, 0.3) is 0 Å². The first-order chi connectivity index (χ1) is 14.6. The predicted molar refractivity (Wildman–Crippen MR) is 109 cm³/mol. The zero-order valence-electron chi connectivity index (χ0n) is 16.1. The maximum atomic E-state index is 13.1. The van der Waals surface area contributed by atoms with Crippen molar-refractivity contribution >= 4 is 21.6 Å². The fraction of sp³-hybridized carbons (Fsp3) is 0.143. The van der Waals surface area contributed by atoms with Crippen molar-refractivity contribution in [1.29, 1.82) is 0 Å². The Bertz CT molecular complexity index is 1150. The maximum Gasteiger partial charge on any atom is 0.416 e. The quantitative estimate of drug-likeness (QED) is 0.584. The van der Waals surface area contributed by atoms with Crippen molar-refractivity contribution < 1.29 is 26.4 Å². The molecule has 0 fully saturated rings. The minimum Gasteiger partial charge on any atom is -0.334 e. The normalized spacial score (nSPS) is 11.7. The molecule has 0 saturated heterocycles. The number of halogens is 3. The molecule has 3 aromatic rings. The van der Waals surface area contributed by atoms with Crippen LogP contribution in [-0.4, -0.2) is 19.4 Å². The molecule has 6 nitrogen and oxygen atoms in total. The van der Waals surface area contributed by atoms with Gasteiger partial charge in [0.15, 0.2) is 9.84 Å².